The Morgan fingerprint density at radius 1 is 0.909 bits per heavy atom. The van der Waals surface area contributed by atoms with E-state index in [1.165, 1.54) is 7.11 Å². The Morgan fingerprint density at radius 2 is 1.55 bits per heavy atom. The number of methoxy groups -OCH3 is 4. The normalized spacial score (nSPS) is 11.0. The number of furan rings is 1. The van der Waals surface area contributed by atoms with Gasteiger partial charge < -0.3 is 28.7 Å². The van der Waals surface area contributed by atoms with Gasteiger partial charge in [0.25, 0.3) is 5.91 Å². The molecule has 0 bridgehead atoms. The molecule has 0 aliphatic carbocycles. The van der Waals surface area contributed by atoms with Crippen LogP contribution in [0, 0.1) is 0 Å². The van der Waals surface area contributed by atoms with Gasteiger partial charge in [-0.25, -0.2) is 4.79 Å². The predicted molar refractivity (Wildman–Crippen MR) is 123 cm³/mol. The minimum Gasteiger partial charge on any atom is -0.496 e. The molecule has 8 heteroatoms. The molecule has 1 amide bonds. The number of carbonyl (C=O) groups excluding carboxylic acids is 2. The summed E-state index contributed by atoms with van der Waals surface area (Å²) in [5.41, 5.74) is 1.35. The second kappa shape index (κ2) is 11.6. The number of rotatable bonds is 9. The zero-order valence-electron chi connectivity index (χ0n) is 18.3. The second-order valence-corrected chi connectivity index (χ2v) is 6.79. The van der Waals surface area contributed by atoms with Gasteiger partial charge in [0.05, 0.1) is 28.4 Å². The van der Waals surface area contributed by atoms with Gasteiger partial charge in [-0.3, -0.25) is 4.79 Å². The average molecular weight is 456 g/mol. The molecule has 1 atom stereocenters. The van der Waals surface area contributed by atoms with Gasteiger partial charge in [-0.15, -0.1) is 0 Å². The maximum atomic E-state index is 12.8. The number of nitrogens with one attached hydrogen (secondary N) is 1. The van der Waals surface area contributed by atoms with Crippen LogP contribution in [0.3, 0.4) is 0 Å². The van der Waals surface area contributed by atoms with E-state index in [0.29, 0.717) is 35.0 Å². The van der Waals surface area contributed by atoms with Gasteiger partial charge in [0.1, 0.15) is 23.0 Å². The minimum absolute atomic E-state index is 0. The van der Waals surface area contributed by atoms with Crippen molar-refractivity contribution >= 4 is 11.9 Å². The molecule has 1 heterocycles. The largest absolute Gasteiger partial charge is 0.496 e. The molecule has 8 nitrogen and oxygen atoms in total. The van der Waals surface area contributed by atoms with E-state index < -0.39 is 17.9 Å². The van der Waals surface area contributed by atoms with Crippen LogP contribution in [0.15, 0.2) is 59.0 Å². The van der Waals surface area contributed by atoms with Crippen LogP contribution < -0.4 is 19.5 Å². The molecule has 0 aliphatic rings. The first-order chi connectivity index (χ1) is 15.5. The van der Waals surface area contributed by atoms with E-state index >= 15 is 0 Å². The van der Waals surface area contributed by atoms with E-state index in [-0.39, 0.29) is 13.2 Å². The van der Waals surface area contributed by atoms with Crippen LogP contribution in [-0.4, -0.2) is 40.3 Å². The van der Waals surface area contributed by atoms with Crippen LogP contribution in [0.2, 0.25) is 0 Å². The van der Waals surface area contributed by atoms with Crippen LogP contribution in [0.4, 0.5) is 0 Å². The molecule has 1 aromatic heterocycles. The highest BCUT2D eigenvalue weighted by atomic mass is 16.5. The van der Waals surface area contributed by atoms with Gasteiger partial charge in [0.2, 0.25) is 0 Å². The SMILES string of the molecule is C.COC(=O)[C@@H](NC(=O)c1ccc(Cc2c(OC)cc(OC)cc2OC)o1)c1ccccc1. The quantitative estimate of drug-likeness (QED) is 0.484. The lowest BCUT2D eigenvalue weighted by Gasteiger charge is -2.16. The van der Waals surface area contributed by atoms with Crippen molar-refractivity contribution < 1.29 is 33.0 Å². The van der Waals surface area contributed by atoms with E-state index in [4.69, 9.17) is 23.4 Å². The first-order valence-corrected chi connectivity index (χ1v) is 9.82. The van der Waals surface area contributed by atoms with Crippen molar-refractivity contribution in [3.63, 3.8) is 0 Å². The highest BCUT2D eigenvalue weighted by Gasteiger charge is 2.25. The van der Waals surface area contributed by atoms with Gasteiger partial charge in [-0.2, -0.15) is 0 Å². The van der Waals surface area contributed by atoms with Gasteiger partial charge in [0, 0.05) is 24.1 Å². The summed E-state index contributed by atoms with van der Waals surface area (Å²) in [5, 5.41) is 2.66. The van der Waals surface area contributed by atoms with Crippen LogP contribution in [0.1, 0.15) is 40.9 Å². The zero-order valence-corrected chi connectivity index (χ0v) is 18.3. The Labute approximate surface area is 193 Å². The van der Waals surface area contributed by atoms with Crippen LogP contribution in [0.5, 0.6) is 17.2 Å². The Morgan fingerprint density at radius 3 is 2.09 bits per heavy atom. The number of ether oxygens (including phenoxy) is 4. The average Bonchev–Trinajstić information content (AvgIpc) is 3.31. The minimum atomic E-state index is -0.955. The number of benzene rings is 2. The third-order valence-corrected chi connectivity index (χ3v) is 4.90. The molecule has 0 unspecified atom stereocenters. The van der Waals surface area contributed by atoms with Crippen molar-refractivity contribution in [1.82, 2.24) is 5.32 Å². The van der Waals surface area contributed by atoms with Gasteiger partial charge in [-0.1, -0.05) is 37.8 Å². The molecule has 0 spiro atoms. The first kappa shape index (κ1) is 25.3. The van der Waals surface area contributed by atoms with Gasteiger partial charge in [0.15, 0.2) is 11.8 Å². The molecule has 176 valence electrons. The zero-order chi connectivity index (χ0) is 23.1. The summed E-state index contributed by atoms with van der Waals surface area (Å²) in [6.07, 6.45) is 0.322. The van der Waals surface area contributed by atoms with Gasteiger partial charge in [-0.05, 0) is 17.7 Å². The molecule has 0 aliphatic heterocycles. The van der Waals surface area contributed by atoms with Crippen molar-refractivity contribution in [2.75, 3.05) is 28.4 Å². The summed E-state index contributed by atoms with van der Waals surface area (Å²) >= 11 is 0. The third kappa shape index (κ3) is 5.85. The third-order valence-electron chi connectivity index (χ3n) is 4.90. The monoisotopic (exact) mass is 455 g/mol. The van der Waals surface area contributed by atoms with E-state index in [1.54, 1.807) is 69.9 Å². The van der Waals surface area contributed by atoms with Crippen molar-refractivity contribution in [1.29, 1.82) is 0 Å². The molecule has 1 N–H and O–H groups in total. The summed E-state index contributed by atoms with van der Waals surface area (Å²) in [7, 11) is 5.93. The molecule has 0 saturated heterocycles. The van der Waals surface area contributed by atoms with Crippen molar-refractivity contribution in [2.24, 2.45) is 0 Å². The van der Waals surface area contributed by atoms with E-state index in [0.717, 1.165) is 5.56 Å². The second-order valence-electron chi connectivity index (χ2n) is 6.79. The molecule has 33 heavy (non-hydrogen) atoms. The Kier molecular flexibility index (Phi) is 8.91. The first-order valence-electron chi connectivity index (χ1n) is 9.82. The number of hydrogen-bond donors (Lipinski definition) is 1. The smallest absolute Gasteiger partial charge is 0.333 e. The van der Waals surface area contributed by atoms with Crippen LogP contribution in [-0.2, 0) is 16.0 Å². The Hall–Kier alpha value is -3.94. The fourth-order valence-corrected chi connectivity index (χ4v) is 3.27. The number of amides is 1. The molecule has 2 aromatic carbocycles. The summed E-state index contributed by atoms with van der Waals surface area (Å²) in [6.45, 7) is 0. The van der Waals surface area contributed by atoms with Crippen LogP contribution >= 0.6 is 0 Å². The van der Waals surface area contributed by atoms with Crippen molar-refractivity contribution in [3.05, 3.63) is 77.2 Å². The molecular formula is C25H29NO7. The highest BCUT2D eigenvalue weighted by Crippen LogP contribution is 2.35. The van der Waals surface area contributed by atoms with Crippen molar-refractivity contribution in [2.45, 2.75) is 19.9 Å². The predicted octanol–water partition coefficient (Wildman–Crippen LogP) is 4.18. The Balaban J connectivity index is 0.00000385. The summed E-state index contributed by atoms with van der Waals surface area (Å²) in [5.74, 6) is 1.20. The molecule has 3 aromatic rings. The number of esters is 1. The van der Waals surface area contributed by atoms with Gasteiger partial charge >= 0.3 is 5.97 Å². The fourth-order valence-electron chi connectivity index (χ4n) is 3.27. The highest BCUT2D eigenvalue weighted by molar-refractivity contribution is 5.94. The van der Waals surface area contributed by atoms with E-state index in [2.05, 4.69) is 5.32 Å². The molecular weight excluding hydrogens is 426 g/mol. The fraction of sp³-hybridized carbons (Fsp3) is 0.280. The Bertz CT molecular complexity index is 1050. The lowest BCUT2D eigenvalue weighted by Crippen LogP contribution is -2.34. The van der Waals surface area contributed by atoms with Crippen molar-refractivity contribution in [3.8, 4) is 17.2 Å². The molecule has 0 radical (unpaired) electrons. The maximum absolute atomic E-state index is 12.8. The molecule has 0 fully saturated rings. The maximum Gasteiger partial charge on any atom is 0.333 e. The lowest BCUT2D eigenvalue weighted by molar-refractivity contribution is -0.143. The summed E-state index contributed by atoms with van der Waals surface area (Å²) in [6, 6.07) is 14.6. The molecule has 3 rings (SSSR count). The molecule has 0 saturated carbocycles. The lowest BCUT2D eigenvalue weighted by atomic mass is 10.1. The standard InChI is InChI=1S/C24H25NO7.CH4/c1-28-17-13-20(29-2)18(21(14-17)30-3)12-16-10-11-19(32-16)23(26)25-22(24(27)31-4)15-8-6-5-7-9-15;/h5-11,13-14,22H,12H2,1-4H3,(H,25,26);1H4/t22-;/m0./s1. The number of hydrogen-bond acceptors (Lipinski definition) is 7. The van der Waals surface area contributed by atoms with Crippen LogP contribution in [0.25, 0.3) is 0 Å². The summed E-state index contributed by atoms with van der Waals surface area (Å²) < 4.78 is 26.8. The topological polar surface area (TPSA) is 96.2 Å². The van der Waals surface area contributed by atoms with E-state index in [1.807, 2.05) is 6.07 Å². The number of carbonyl (C=O) groups is 2. The van der Waals surface area contributed by atoms with E-state index in [9.17, 15) is 9.59 Å². The summed E-state index contributed by atoms with van der Waals surface area (Å²) in [4.78, 5) is 25.0.